The second kappa shape index (κ2) is 7.17. The summed E-state index contributed by atoms with van der Waals surface area (Å²) in [6, 6.07) is 12.3. The maximum atomic E-state index is 13.8. The minimum Gasteiger partial charge on any atom is -0.378 e. The molecule has 1 heterocycles. The molecule has 0 aliphatic heterocycles. The number of nitriles is 1. The number of hydrogen-bond donors (Lipinski definition) is 2. The van der Waals surface area contributed by atoms with Crippen LogP contribution in [0.4, 0.5) is 14.5 Å². The first-order chi connectivity index (χ1) is 12.9. The van der Waals surface area contributed by atoms with Gasteiger partial charge in [-0.25, -0.2) is 8.78 Å². The van der Waals surface area contributed by atoms with Crippen LogP contribution in [-0.4, -0.2) is 21.2 Å². The summed E-state index contributed by atoms with van der Waals surface area (Å²) in [6.45, 7) is 0.398. The number of fused-ring (bicyclic) bond motifs is 1. The highest BCUT2D eigenvalue weighted by molar-refractivity contribution is 5.97. The van der Waals surface area contributed by atoms with Gasteiger partial charge in [-0.05, 0) is 43.3 Å². The molecule has 0 radical (unpaired) electrons. The highest BCUT2D eigenvalue weighted by atomic mass is 19.1. The van der Waals surface area contributed by atoms with E-state index in [9.17, 15) is 18.7 Å². The zero-order valence-electron chi connectivity index (χ0n) is 14.5. The van der Waals surface area contributed by atoms with E-state index in [0.29, 0.717) is 10.9 Å². The van der Waals surface area contributed by atoms with Crippen molar-refractivity contribution in [2.24, 2.45) is 0 Å². The molecule has 0 fully saturated rings. The normalized spacial score (nSPS) is 13.1. The minimum atomic E-state index is -1.80. The SMILES string of the molecule is C[C@](O)(Cn1ccc2c(F)cccc21)C(=O)Nc1ccc(C#N)c(CF)c1. The predicted molar refractivity (Wildman–Crippen MR) is 97.1 cm³/mol. The number of benzene rings is 2. The van der Waals surface area contributed by atoms with E-state index in [4.69, 9.17) is 5.26 Å². The topological polar surface area (TPSA) is 78.1 Å². The molecule has 1 aromatic heterocycles. The molecule has 1 atom stereocenters. The first-order valence-electron chi connectivity index (χ1n) is 8.22. The molecule has 0 unspecified atom stereocenters. The Hall–Kier alpha value is -3.24. The van der Waals surface area contributed by atoms with Gasteiger partial charge in [0.25, 0.3) is 5.91 Å². The molecular formula is C20H17F2N3O2. The zero-order chi connectivity index (χ0) is 19.6. The van der Waals surface area contributed by atoms with E-state index in [0.717, 1.165) is 0 Å². The lowest BCUT2D eigenvalue weighted by Crippen LogP contribution is -2.43. The smallest absolute Gasteiger partial charge is 0.257 e. The second-order valence-corrected chi connectivity index (χ2v) is 6.46. The van der Waals surface area contributed by atoms with Crippen molar-refractivity contribution in [3.8, 4) is 6.07 Å². The van der Waals surface area contributed by atoms with Crippen LogP contribution in [-0.2, 0) is 18.0 Å². The molecule has 5 nitrogen and oxygen atoms in total. The van der Waals surface area contributed by atoms with Gasteiger partial charge < -0.3 is 15.0 Å². The van der Waals surface area contributed by atoms with E-state index >= 15 is 0 Å². The molecule has 3 aromatic rings. The van der Waals surface area contributed by atoms with Crippen molar-refractivity contribution < 1.29 is 18.7 Å². The summed E-state index contributed by atoms with van der Waals surface area (Å²) in [4.78, 5) is 12.5. The molecule has 0 bridgehead atoms. The average Bonchev–Trinajstić information content (AvgIpc) is 3.05. The number of anilines is 1. The number of nitrogens with zero attached hydrogens (tertiary/aromatic N) is 2. The molecule has 7 heteroatoms. The lowest BCUT2D eigenvalue weighted by Gasteiger charge is -2.23. The average molecular weight is 369 g/mol. The number of aromatic nitrogens is 1. The largest absolute Gasteiger partial charge is 0.378 e. The van der Waals surface area contributed by atoms with Crippen LogP contribution < -0.4 is 5.32 Å². The van der Waals surface area contributed by atoms with Crippen LogP contribution in [0, 0.1) is 17.1 Å². The first-order valence-corrected chi connectivity index (χ1v) is 8.22. The summed E-state index contributed by atoms with van der Waals surface area (Å²) in [5.74, 6) is -1.08. The predicted octanol–water partition coefficient (Wildman–Crippen LogP) is 3.51. The Labute approximate surface area is 154 Å². The first kappa shape index (κ1) is 18.5. The molecule has 2 N–H and O–H groups in total. The van der Waals surface area contributed by atoms with E-state index in [1.54, 1.807) is 29.0 Å². The Morgan fingerprint density at radius 1 is 1.33 bits per heavy atom. The van der Waals surface area contributed by atoms with Gasteiger partial charge in [-0.2, -0.15) is 5.26 Å². The van der Waals surface area contributed by atoms with Gasteiger partial charge >= 0.3 is 0 Å². The van der Waals surface area contributed by atoms with Gasteiger partial charge in [0.05, 0.1) is 23.7 Å². The van der Waals surface area contributed by atoms with Crippen LogP contribution in [0.3, 0.4) is 0 Å². The van der Waals surface area contributed by atoms with Gasteiger partial charge in [0.1, 0.15) is 12.5 Å². The fourth-order valence-electron chi connectivity index (χ4n) is 2.88. The summed E-state index contributed by atoms with van der Waals surface area (Å²) >= 11 is 0. The Kier molecular flexibility index (Phi) is 4.93. The summed E-state index contributed by atoms with van der Waals surface area (Å²) in [7, 11) is 0. The van der Waals surface area contributed by atoms with Crippen molar-refractivity contribution in [3.05, 3.63) is 65.6 Å². The van der Waals surface area contributed by atoms with Gasteiger partial charge in [-0.15, -0.1) is 0 Å². The second-order valence-electron chi connectivity index (χ2n) is 6.46. The molecule has 1 amide bonds. The van der Waals surface area contributed by atoms with Crippen molar-refractivity contribution >= 4 is 22.5 Å². The van der Waals surface area contributed by atoms with Crippen LogP contribution in [0.15, 0.2) is 48.7 Å². The lowest BCUT2D eigenvalue weighted by atomic mass is 10.0. The fourth-order valence-corrected chi connectivity index (χ4v) is 2.88. The highest BCUT2D eigenvalue weighted by Crippen LogP contribution is 2.23. The molecule has 0 saturated heterocycles. The summed E-state index contributed by atoms with van der Waals surface area (Å²) in [6.07, 6.45) is 1.60. The fraction of sp³-hybridized carbons (Fsp3) is 0.200. The molecule has 3 rings (SSSR count). The van der Waals surface area contributed by atoms with Crippen molar-refractivity contribution in [2.75, 3.05) is 5.32 Å². The van der Waals surface area contributed by atoms with Gasteiger partial charge in [-0.1, -0.05) is 6.07 Å². The van der Waals surface area contributed by atoms with Crippen molar-refractivity contribution in [3.63, 3.8) is 0 Å². The Morgan fingerprint density at radius 3 is 2.81 bits per heavy atom. The number of hydrogen-bond acceptors (Lipinski definition) is 3. The molecule has 0 aliphatic carbocycles. The van der Waals surface area contributed by atoms with Gasteiger partial charge in [0.2, 0.25) is 0 Å². The van der Waals surface area contributed by atoms with E-state index in [1.807, 2.05) is 6.07 Å². The van der Waals surface area contributed by atoms with Crippen molar-refractivity contribution in [1.29, 1.82) is 5.26 Å². The number of halogens is 2. The maximum absolute atomic E-state index is 13.8. The highest BCUT2D eigenvalue weighted by Gasteiger charge is 2.31. The third-order valence-electron chi connectivity index (χ3n) is 4.36. The number of alkyl halides is 1. The van der Waals surface area contributed by atoms with E-state index < -0.39 is 18.2 Å². The van der Waals surface area contributed by atoms with Crippen LogP contribution in [0.5, 0.6) is 0 Å². The Bertz CT molecular complexity index is 1050. The van der Waals surface area contributed by atoms with Gasteiger partial charge in [-0.3, -0.25) is 4.79 Å². The number of rotatable bonds is 5. The van der Waals surface area contributed by atoms with E-state index in [1.165, 1.54) is 31.2 Å². The number of carbonyl (C=O) groups excluding carboxylic acids is 1. The molecule has 0 spiro atoms. The van der Waals surface area contributed by atoms with E-state index in [-0.39, 0.29) is 29.2 Å². The summed E-state index contributed by atoms with van der Waals surface area (Å²) < 4.78 is 28.4. The van der Waals surface area contributed by atoms with Gasteiger partial charge in [0.15, 0.2) is 5.60 Å². The van der Waals surface area contributed by atoms with E-state index in [2.05, 4.69) is 5.32 Å². The maximum Gasteiger partial charge on any atom is 0.257 e. The monoisotopic (exact) mass is 369 g/mol. The van der Waals surface area contributed by atoms with Crippen LogP contribution in [0.1, 0.15) is 18.1 Å². The van der Waals surface area contributed by atoms with Crippen LogP contribution in [0.25, 0.3) is 10.9 Å². The third-order valence-corrected chi connectivity index (χ3v) is 4.36. The molecule has 27 heavy (non-hydrogen) atoms. The molecular weight excluding hydrogens is 352 g/mol. The lowest BCUT2D eigenvalue weighted by molar-refractivity contribution is -0.133. The van der Waals surface area contributed by atoms with Crippen LogP contribution >= 0.6 is 0 Å². The Morgan fingerprint density at radius 2 is 2.11 bits per heavy atom. The van der Waals surface area contributed by atoms with Crippen molar-refractivity contribution in [1.82, 2.24) is 4.57 Å². The zero-order valence-corrected chi connectivity index (χ0v) is 14.5. The number of nitrogens with one attached hydrogen (secondary N) is 1. The van der Waals surface area contributed by atoms with Crippen molar-refractivity contribution in [2.45, 2.75) is 25.7 Å². The molecule has 0 aliphatic rings. The third kappa shape index (κ3) is 3.66. The standard InChI is InChI=1S/C20H17F2N3O2/c1-20(27,12-25-8-7-16-17(22)3-2-4-18(16)25)19(26)24-15-6-5-13(11-23)14(9-15)10-21/h2-9,27H,10,12H2,1H3,(H,24,26)/t20-/m0/s1. The summed E-state index contributed by atoms with van der Waals surface area (Å²) in [5, 5.41) is 22.5. The summed E-state index contributed by atoms with van der Waals surface area (Å²) in [5.41, 5.74) is -0.636. The molecule has 0 saturated carbocycles. The number of amides is 1. The quantitative estimate of drug-likeness (QED) is 0.722. The van der Waals surface area contributed by atoms with Gasteiger partial charge in [0, 0.05) is 22.8 Å². The number of aliphatic hydroxyl groups is 1. The van der Waals surface area contributed by atoms with Crippen LogP contribution in [0.2, 0.25) is 0 Å². The number of carbonyl (C=O) groups is 1. The minimum absolute atomic E-state index is 0.0992. The molecule has 2 aromatic carbocycles. The molecule has 138 valence electrons. The Balaban J connectivity index is 1.81.